The molecule has 5 heteroatoms. The van der Waals surface area contributed by atoms with Crippen LogP contribution in [0.25, 0.3) is 0 Å². The minimum atomic E-state index is -0.582. The summed E-state index contributed by atoms with van der Waals surface area (Å²) in [6.07, 6.45) is 0. The highest BCUT2D eigenvalue weighted by Crippen LogP contribution is 2.35. The summed E-state index contributed by atoms with van der Waals surface area (Å²) < 4.78 is 10.4. The first kappa shape index (κ1) is 14.0. The molecule has 0 aliphatic rings. The van der Waals surface area contributed by atoms with Crippen LogP contribution in [-0.2, 0) is 9.59 Å². The van der Waals surface area contributed by atoms with Crippen molar-refractivity contribution >= 4 is 17.4 Å². The van der Waals surface area contributed by atoms with Crippen LogP contribution < -0.4 is 14.4 Å². The average molecular weight is 251 g/mol. The molecule has 0 radical (unpaired) electrons. The van der Waals surface area contributed by atoms with E-state index in [1.807, 2.05) is 6.92 Å². The Morgan fingerprint density at radius 2 is 1.78 bits per heavy atom. The molecular formula is C13H17NO4. The summed E-state index contributed by atoms with van der Waals surface area (Å²) in [5, 5.41) is 0. The second kappa shape index (κ2) is 5.53. The number of carbonyl (C=O) groups is 2. The Balaban J connectivity index is 3.31. The lowest BCUT2D eigenvalue weighted by Crippen LogP contribution is -2.32. The Bertz CT molecular complexity index is 482. The number of nitrogens with zero attached hydrogens (tertiary/aromatic N) is 1. The van der Waals surface area contributed by atoms with Crippen molar-refractivity contribution in [3.8, 4) is 11.5 Å². The van der Waals surface area contributed by atoms with Gasteiger partial charge in [0.25, 0.3) is 5.91 Å². The molecule has 0 aliphatic heterocycles. The third-order valence-electron chi connectivity index (χ3n) is 2.64. The molecule has 0 bridgehead atoms. The van der Waals surface area contributed by atoms with Crippen molar-refractivity contribution in [2.45, 2.75) is 13.8 Å². The maximum Gasteiger partial charge on any atom is 0.293 e. The number of rotatable bonds is 4. The molecule has 0 atom stereocenters. The van der Waals surface area contributed by atoms with Crippen molar-refractivity contribution in [2.24, 2.45) is 0 Å². The molecule has 98 valence electrons. The Morgan fingerprint density at radius 1 is 1.17 bits per heavy atom. The smallest absolute Gasteiger partial charge is 0.293 e. The van der Waals surface area contributed by atoms with Gasteiger partial charge in [0.1, 0.15) is 11.5 Å². The molecule has 5 nitrogen and oxygen atoms in total. The quantitative estimate of drug-likeness (QED) is 0.762. The molecule has 0 N–H and O–H groups in total. The third-order valence-corrected chi connectivity index (χ3v) is 2.64. The predicted octanol–water partition coefficient (Wildman–Crippen LogP) is 1.56. The van der Waals surface area contributed by atoms with E-state index in [0.29, 0.717) is 17.2 Å². The van der Waals surface area contributed by atoms with Gasteiger partial charge >= 0.3 is 0 Å². The molecule has 0 spiro atoms. The summed E-state index contributed by atoms with van der Waals surface area (Å²) in [5.74, 6) is 0.0251. The van der Waals surface area contributed by atoms with Gasteiger partial charge in [0.05, 0.1) is 19.9 Å². The zero-order valence-corrected chi connectivity index (χ0v) is 11.2. The van der Waals surface area contributed by atoms with E-state index in [-0.39, 0.29) is 0 Å². The SMILES string of the molecule is COc1cc(C)c(N(C)C(=O)C(C)=O)c(OC)c1. The summed E-state index contributed by atoms with van der Waals surface area (Å²) in [7, 11) is 4.60. The molecule has 0 saturated carbocycles. The molecule has 0 aromatic heterocycles. The molecule has 0 fully saturated rings. The van der Waals surface area contributed by atoms with Crippen LogP contribution in [0.15, 0.2) is 12.1 Å². The maximum atomic E-state index is 11.7. The molecule has 1 amide bonds. The van der Waals surface area contributed by atoms with Crippen molar-refractivity contribution in [3.63, 3.8) is 0 Å². The van der Waals surface area contributed by atoms with E-state index in [0.717, 1.165) is 5.56 Å². The monoisotopic (exact) mass is 251 g/mol. The van der Waals surface area contributed by atoms with Crippen LogP contribution in [0.1, 0.15) is 12.5 Å². The predicted molar refractivity (Wildman–Crippen MR) is 68.4 cm³/mol. The lowest BCUT2D eigenvalue weighted by molar-refractivity contribution is -0.134. The number of carbonyl (C=O) groups excluding carboxylic acids is 2. The van der Waals surface area contributed by atoms with Gasteiger partial charge in [0.15, 0.2) is 0 Å². The van der Waals surface area contributed by atoms with E-state index < -0.39 is 11.7 Å². The van der Waals surface area contributed by atoms with Gasteiger partial charge in [-0.2, -0.15) is 0 Å². The first-order valence-electron chi connectivity index (χ1n) is 5.43. The van der Waals surface area contributed by atoms with Crippen LogP contribution in [0, 0.1) is 6.92 Å². The number of amides is 1. The number of benzene rings is 1. The van der Waals surface area contributed by atoms with E-state index in [2.05, 4.69) is 0 Å². The summed E-state index contributed by atoms with van der Waals surface area (Å²) in [6, 6.07) is 3.45. The number of likely N-dealkylation sites (N-methyl/N-ethyl adjacent to an activating group) is 1. The first-order valence-corrected chi connectivity index (χ1v) is 5.43. The standard InChI is InChI=1S/C13H17NO4/c1-8-6-10(17-4)7-11(18-5)12(8)14(3)13(16)9(2)15/h6-7H,1-5H3. The number of aryl methyl sites for hydroxylation is 1. The van der Waals surface area contributed by atoms with E-state index >= 15 is 0 Å². The average Bonchev–Trinajstić information content (AvgIpc) is 2.35. The number of hydrogen-bond donors (Lipinski definition) is 0. The molecule has 0 heterocycles. The Hall–Kier alpha value is -2.04. The zero-order valence-electron chi connectivity index (χ0n) is 11.2. The van der Waals surface area contributed by atoms with Crippen LogP contribution in [0.5, 0.6) is 11.5 Å². The van der Waals surface area contributed by atoms with Crippen LogP contribution in [0.2, 0.25) is 0 Å². The second-order valence-electron chi connectivity index (χ2n) is 3.92. The van der Waals surface area contributed by atoms with Gasteiger partial charge in [0.2, 0.25) is 5.78 Å². The zero-order chi connectivity index (χ0) is 13.9. The van der Waals surface area contributed by atoms with Crippen molar-refractivity contribution < 1.29 is 19.1 Å². The highest BCUT2D eigenvalue weighted by Gasteiger charge is 2.21. The van der Waals surface area contributed by atoms with Crippen LogP contribution in [0.3, 0.4) is 0 Å². The van der Waals surface area contributed by atoms with Gasteiger partial charge in [-0.15, -0.1) is 0 Å². The highest BCUT2D eigenvalue weighted by atomic mass is 16.5. The molecule has 1 rings (SSSR count). The van der Waals surface area contributed by atoms with Gasteiger partial charge in [-0.05, 0) is 18.6 Å². The summed E-state index contributed by atoms with van der Waals surface area (Å²) in [4.78, 5) is 24.1. The summed E-state index contributed by atoms with van der Waals surface area (Å²) in [6.45, 7) is 3.06. The van der Waals surface area contributed by atoms with E-state index in [9.17, 15) is 9.59 Å². The summed E-state index contributed by atoms with van der Waals surface area (Å²) >= 11 is 0. The molecule has 0 aliphatic carbocycles. The molecule has 18 heavy (non-hydrogen) atoms. The van der Waals surface area contributed by atoms with Gasteiger partial charge < -0.3 is 14.4 Å². The Kier molecular flexibility index (Phi) is 4.31. The maximum absolute atomic E-state index is 11.7. The van der Waals surface area contributed by atoms with E-state index in [1.165, 1.54) is 18.9 Å². The number of methoxy groups -OCH3 is 2. The number of ether oxygens (including phenoxy) is 2. The Morgan fingerprint density at radius 3 is 2.22 bits per heavy atom. The van der Waals surface area contributed by atoms with E-state index in [4.69, 9.17) is 9.47 Å². The first-order chi connectivity index (χ1) is 8.42. The fourth-order valence-electron chi connectivity index (χ4n) is 1.76. The van der Waals surface area contributed by atoms with Gasteiger partial charge in [-0.25, -0.2) is 0 Å². The van der Waals surface area contributed by atoms with Crippen molar-refractivity contribution in [1.29, 1.82) is 0 Å². The second-order valence-corrected chi connectivity index (χ2v) is 3.92. The van der Waals surface area contributed by atoms with Gasteiger partial charge in [-0.3, -0.25) is 9.59 Å². The minimum absolute atomic E-state index is 0.490. The van der Waals surface area contributed by atoms with E-state index in [1.54, 1.807) is 26.3 Å². The number of ketones is 1. The number of Topliss-reactive ketones (excluding diaryl/α,β-unsaturated/α-hetero) is 1. The third kappa shape index (κ3) is 2.61. The minimum Gasteiger partial charge on any atom is -0.497 e. The van der Waals surface area contributed by atoms with Crippen LogP contribution >= 0.6 is 0 Å². The molecule has 1 aromatic rings. The lowest BCUT2D eigenvalue weighted by atomic mass is 10.1. The van der Waals surface area contributed by atoms with Crippen LogP contribution in [0.4, 0.5) is 5.69 Å². The molecule has 0 saturated heterocycles. The fourth-order valence-corrected chi connectivity index (χ4v) is 1.76. The van der Waals surface area contributed by atoms with Gasteiger partial charge in [-0.1, -0.05) is 0 Å². The Labute approximate surface area is 106 Å². The topological polar surface area (TPSA) is 55.8 Å². The molecule has 1 aromatic carbocycles. The highest BCUT2D eigenvalue weighted by molar-refractivity contribution is 6.40. The van der Waals surface area contributed by atoms with Crippen LogP contribution in [-0.4, -0.2) is 33.0 Å². The fraction of sp³-hybridized carbons (Fsp3) is 0.385. The molecule has 0 unspecified atom stereocenters. The van der Waals surface area contributed by atoms with Gasteiger partial charge in [0, 0.05) is 20.0 Å². The lowest BCUT2D eigenvalue weighted by Gasteiger charge is -2.21. The normalized spacial score (nSPS) is 9.83. The summed E-state index contributed by atoms with van der Waals surface area (Å²) in [5.41, 5.74) is 1.36. The van der Waals surface area contributed by atoms with Crippen molar-refractivity contribution in [2.75, 3.05) is 26.2 Å². The van der Waals surface area contributed by atoms with Crippen molar-refractivity contribution in [3.05, 3.63) is 17.7 Å². The van der Waals surface area contributed by atoms with Crippen molar-refractivity contribution in [1.82, 2.24) is 0 Å². The number of hydrogen-bond acceptors (Lipinski definition) is 4. The number of anilines is 1. The largest absolute Gasteiger partial charge is 0.497 e. The molecular weight excluding hydrogens is 234 g/mol.